The summed E-state index contributed by atoms with van der Waals surface area (Å²) in [6.07, 6.45) is 2.59. The van der Waals surface area contributed by atoms with Crippen LogP contribution < -0.4 is 15.4 Å². The Bertz CT molecular complexity index is 1160. The van der Waals surface area contributed by atoms with Crippen molar-refractivity contribution in [3.63, 3.8) is 0 Å². The average Bonchev–Trinajstić information content (AvgIpc) is 2.89. The van der Waals surface area contributed by atoms with Crippen molar-refractivity contribution in [2.24, 2.45) is 0 Å². The van der Waals surface area contributed by atoms with Gasteiger partial charge in [0, 0.05) is 13.1 Å². The van der Waals surface area contributed by atoms with Gasteiger partial charge in [0.15, 0.2) is 0 Å². The summed E-state index contributed by atoms with van der Waals surface area (Å²) >= 11 is 0. The molecule has 2 heterocycles. The first-order chi connectivity index (χ1) is 14.8. The lowest BCUT2D eigenvalue weighted by atomic mass is 10.1. The van der Waals surface area contributed by atoms with E-state index in [-0.39, 0.29) is 34.2 Å². The summed E-state index contributed by atoms with van der Waals surface area (Å²) in [5.41, 5.74) is 0.973. The Morgan fingerprint density at radius 1 is 0.903 bits per heavy atom. The number of hydrogen-bond donors (Lipinski definition) is 3. The monoisotopic (exact) mass is 442 g/mol. The van der Waals surface area contributed by atoms with Gasteiger partial charge in [-0.25, -0.2) is 8.42 Å². The van der Waals surface area contributed by atoms with Gasteiger partial charge >= 0.3 is 0 Å². The van der Waals surface area contributed by atoms with E-state index < -0.39 is 21.8 Å². The molecule has 0 bridgehead atoms. The molecule has 0 aromatic heterocycles. The summed E-state index contributed by atoms with van der Waals surface area (Å²) in [4.78, 5) is 38.0. The molecule has 9 nitrogen and oxygen atoms in total. The number of benzene rings is 2. The van der Waals surface area contributed by atoms with E-state index >= 15 is 0 Å². The highest BCUT2D eigenvalue weighted by Gasteiger charge is 2.25. The van der Waals surface area contributed by atoms with Crippen LogP contribution in [0.4, 0.5) is 17.1 Å². The minimum absolute atomic E-state index is 0.108. The summed E-state index contributed by atoms with van der Waals surface area (Å²) in [6, 6.07) is 10.5. The second-order valence-electron chi connectivity index (χ2n) is 7.48. The molecule has 0 unspecified atom stereocenters. The van der Waals surface area contributed by atoms with E-state index in [0.29, 0.717) is 18.8 Å². The number of amides is 3. The SMILES string of the molecule is O=C1CC(=O)Nc2cc(S(=O)(=O)Nc3ccccc3C(=O)N3CCCCC3)ccc2N1. The summed E-state index contributed by atoms with van der Waals surface area (Å²) in [5, 5.41) is 5.08. The van der Waals surface area contributed by atoms with Crippen LogP contribution in [0.5, 0.6) is 0 Å². The smallest absolute Gasteiger partial charge is 0.261 e. The Morgan fingerprint density at radius 3 is 2.32 bits per heavy atom. The van der Waals surface area contributed by atoms with Crippen molar-refractivity contribution in [2.45, 2.75) is 30.6 Å². The number of carbonyl (C=O) groups excluding carboxylic acids is 3. The number of anilines is 3. The lowest BCUT2D eigenvalue weighted by molar-refractivity contribution is -0.123. The van der Waals surface area contributed by atoms with Crippen molar-refractivity contribution >= 4 is 44.8 Å². The molecule has 2 aromatic carbocycles. The Balaban J connectivity index is 1.62. The summed E-state index contributed by atoms with van der Waals surface area (Å²) in [7, 11) is -4.06. The van der Waals surface area contributed by atoms with Crippen molar-refractivity contribution < 1.29 is 22.8 Å². The van der Waals surface area contributed by atoms with Gasteiger partial charge < -0.3 is 15.5 Å². The Kier molecular flexibility index (Phi) is 5.64. The Hall–Kier alpha value is -3.40. The van der Waals surface area contributed by atoms with Crippen LogP contribution in [0.25, 0.3) is 0 Å². The van der Waals surface area contributed by atoms with Gasteiger partial charge in [0.2, 0.25) is 11.8 Å². The van der Waals surface area contributed by atoms with E-state index in [0.717, 1.165) is 19.3 Å². The number of nitrogens with one attached hydrogen (secondary N) is 3. The number of fused-ring (bicyclic) bond motifs is 1. The summed E-state index contributed by atoms with van der Waals surface area (Å²) < 4.78 is 28.6. The van der Waals surface area contributed by atoms with E-state index in [1.54, 1.807) is 29.2 Å². The highest BCUT2D eigenvalue weighted by molar-refractivity contribution is 7.92. The Morgan fingerprint density at radius 2 is 1.58 bits per heavy atom. The normalized spacial score (nSPS) is 16.6. The molecule has 4 rings (SSSR count). The second kappa shape index (κ2) is 8.38. The molecule has 0 aliphatic carbocycles. The average molecular weight is 442 g/mol. The van der Waals surface area contributed by atoms with Gasteiger partial charge in [-0.3, -0.25) is 19.1 Å². The lowest BCUT2D eigenvalue weighted by Gasteiger charge is -2.27. The third-order valence-corrected chi connectivity index (χ3v) is 6.58. The van der Waals surface area contributed by atoms with Crippen LogP contribution in [0.2, 0.25) is 0 Å². The first kappa shape index (κ1) is 20.9. The number of rotatable bonds is 4. The number of piperidine rings is 1. The molecule has 2 aliphatic rings. The van der Waals surface area contributed by atoms with Crippen LogP contribution in [0.15, 0.2) is 47.4 Å². The number of carbonyl (C=O) groups is 3. The fourth-order valence-corrected chi connectivity index (χ4v) is 4.77. The zero-order chi connectivity index (χ0) is 22.0. The maximum absolute atomic E-state index is 13.0. The van der Waals surface area contributed by atoms with Gasteiger partial charge in [0.25, 0.3) is 15.9 Å². The van der Waals surface area contributed by atoms with Gasteiger partial charge in [0.05, 0.1) is 27.5 Å². The molecular formula is C21H22N4O5S. The van der Waals surface area contributed by atoms with Crippen molar-refractivity contribution in [1.82, 2.24) is 4.90 Å². The van der Waals surface area contributed by atoms with Gasteiger partial charge in [-0.05, 0) is 49.6 Å². The van der Waals surface area contributed by atoms with E-state index in [9.17, 15) is 22.8 Å². The molecule has 10 heteroatoms. The first-order valence-corrected chi connectivity index (χ1v) is 11.5. The standard InChI is InChI=1S/C21H22N4O5S/c26-19-13-20(27)23-18-12-14(8-9-17(18)22-19)31(29,30)24-16-7-3-2-6-15(16)21(28)25-10-4-1-5-11-25/h2-3,6-9,12,24H,1,4-5,10-11,13H2,(H,22,26)(H,23,27). The van der Waals surface area contributed by atoms with Gasteiger partial charge in [-0.2, -0.15) is 0 Å². The number of nitrogens with zero attached hydrogens (tertiary/aromatic N) is 1. The van der Waals surface area contributed by atoms with Crippen LogP contribution in [0.3, 0.4) is 0 Å². The van der Waals surface area contributed by atoms with E-state index in [1.807, 2.05) is 0 Å². The molecule has 0 radical (unpaired) electrons. The van der Waals surface area contributed by atoms with Crippen LogP contribution in [0, 0.1) is 0 Å². The largest absolute Gasteiger partial charge is 0.339 e. The zero-order valence-corrected chi connectivity index (χ0v) is 17.5. The molecule has 0 saturated carbocycles. The van der Waals surface area contributed by atoms with E-state index in [2.05, 4.69) is 15.4 Å². The highest BCUT2D eigenvalue weighted by atomic mass is 32.2. The highest BCUT2D eigenvalue weighted by Crippen LogP contribution is 2.29. The molecule has 0 spiro atoms. The summed E-state index contributed by atoms with van der Waals surface area (Å²) in [6.45, 7) is 1.30. The van der Waals surface area contributed by atoms with Gasteiger partial charge in [0.1, 0.15) is 6.42 Å². The molecule has 2 aromatic rings. The molecule has 1 saturated heterocycles. The molecule has 162 valence electrons. The van der Waals surface area contributed by atoms with Crippen LogP contribution in [-0.2, 0) is 19.6 Å². The maximum atomic E-state index is 13.0. The number of likely N-dealkylation sites (tertiary alicyclic amines) is 1. The fourth-order valence-electron chi connectivity index (χ4n) is 3.67. The first-order valence-electron chi connectivity index (χ1n) is 9.98. The van der Waals surface area contributed by atoms with E-state index in [1.165, 1.54) is 18.2 Å². The number of sulfonamides is 1. The number of para-hydroxylation sites is 1. The van der Waals surface area contributed by atoms with E-state index in [4.69, 9.17) is 0 Å². The van der Waals surface area contributed by atoms with Gasteiger partial charge in [-0.1, -0.05) is 12.1 Å². The topological polar surface area (TPSA) is 125 Å². The van der Waals surface area contributed by atoms with Crippen molar-refractivity contribution in [1.29, 1.82) is 0 Å². The second-order valence-corrected chi connectivity index (χ2v) is 9.17. The minimum atomic E-state index is -4.06. The molecular weight excluding hydrogens is 420 g/mol. The fraction of sp³-hybridized carbons (Fsp3) is 0.286. The molecule has 1 fully saturated rings. The third-order valence-electron chi connectivity index (χ3n) is 5.22. The van der Waals surface area contributed by atoms with Crippen LogP contribution >= 0.6 is 0 Å². The van der Waals surface area contributed by atoms with Crippen LogP contribution in [-0.4, -0.2) is 44.1 Å². The summed E-state index contributed by atoms with van der Waals surface area (Å²) in [5.74, 6) is -1.22. The molecule has 3 N–H and O–H groups in total. The van der Waals surface area contributed by atoms with Crippen molar-refractivity contribution in [3.8, 4) is 0 Å². The van der Waals surface area contributed by atoms with Crippen molar-refractivity contribution in [3.05, 3.63) is 48.0 Å². The van der Waals surface area contributed by atoms with Crippen molar-refractivity contribution in [2.75, 3.05) is 28.4 Å². The maximum Gasteiger partial charge on any atom is 0.261 e. The van der Waals surface area contributed by atoms with Crippen LogP contribution in [0.1, 0.15) is 36.0 Å². The quantitative estimate of drug-likeness (QED) is 0.627. The Labute approximate surface area is 179 Å². The zero-order valence-electron chi connectivity index (χ0n) is 16.7. The van der Waals surface area contributed by atoms with Gasteiger partial charge in [-0.15, -0.1) is 0 Å². The molecule has 0 atom stereocenters. The number of hydrogen-bond acceptors (Lipinski definition) is 5. The molecule has 31 heavy (non-hydrogen) atoms. The predicted octanol–water partition coefficient (Wildman–Crippen LogP) is 2.39. The third kappa shape index (κ3) is 4.53. The lowest BCUT2D eigenvalue weighted by Crippen LogP contribution is -2.36. The molecule has 2 aliphatic heterocycles. The molecule has 3 amide bonds. The predicted molar refractivity (Wildman–Crippen MR) is 115 cm³/mol. The minimum Gasteiger partial charge on any atom is -0.339 e.